The van der Waals surface area contributed by atoms with Gasteiger partial charge in [-0.3, -0.25) is 4.79 Å². The van der Waals surface area contributed by atoms with Crippen molar-refractivity contribution in [2.75, 3.05) is 38.3 Å². The predicted molar refractivity (Wildman–Crippen MR) is 117 cm³/mol. The van der Waals surface area contributed by atoms with Gasteiger partial charge < -0.3 is 19.1 Å². The molecule has 2 aromatic carbocycles. The van der Waals surface area contributed by atoms with E-state index < -0.39 is 34.5 Å². The molecule has 0 bridgehead atoms. The average molecular weight is 463 g/mol. The third-order valence-electron chi connectivity index (χ3n) is 4.98. The number of hydrogen-bond acceptors (Lipinski definition) is 7. The van der Waals surface area contributed by atoms with Gasteiger partial charge in [-0.2, -0.15) is 4.31 Å². The highest BCUT2D eigenvalue weighted by Gasteiger charge is 2.36. The molecule has 1 atom stereocenters. The number of nitrogens with zero attached hydrogens (tertiary/aromatic N) is 2. The maximum absolute atomic E-state index is 13.2. The van der Waals surface area contributed by atoms with Gasteiger partial charge in [0, 0.05) is 6.54 Å². The molecule has 0 saturated heterocycles. The first kappa shape index (κ1) is 23.6. The fraction of sp³-hybridized carbons (Fsp3) is 0.364. The lowest BCUT2D eigenvalue weighted by Crippen LogP contribution is -2.50. The predicted octanol–water partition coefficient (Wildman–Crippen LogP) is 2.06. The average Bonchev–Trinajstić information content (AvgIpc) is 2.81. The van der Waals surface area contributed by atoms with Crippen molar-refractivity contribution >= 4 is 27.6 Å². The molecule has 0 unspecified atom stereocenters. The standard InChI is InChI=1S/C22H26N2O7S/c1-4-23(32(27,28)17-12-10-16(11-13-17)30-5-2)15-21(25)24-14-20(22(26)29-3)31-19-9-7-6-8-18(19)24/h6-13,20H,4-5,14-15H2,1-3H3/t20-/m0/s1. The first-order chi connectivity index (χ1) is 15.3. The molecule has 1 heterocycles. The van der Waals surface area contributed by atoms with Gasteiger partial charge in [0.1, 0.15) is 11.5 Å². The molecule has 2 aromatic rings. The van der Waals surface area contributed by atoms with Gasteiger partial charge in [-0.05, 0) is 43.3 Å². The van der Waals surface area contributed by atoms with E-state index in [1.54, 1.807) is 43.3 Å². The molecule has 9 nitrogen and oxygen atoms in total. The van der Waals surface area contributed by atoms with Crippen LogP contribution in [0.15, 0.2) is 53.4 Å². The van der Waals surface area contributed by atoms with Crippen molar-refractivity contribution in [3.05, 3.63) is 48.5 Å². The van der Waals surface area contributed by atoms with E-state index in [1.165, 1.54) is 24.1 Å². The van der Waals surface area contributed by atoms with Gasteiger partial charge in [0.15, 0.2) is 0 Å². The molecule has 1 aliphatic heterocycles. The Morgan fingerprint density at radius 3 is 2.44 bits per heavy atom. The Morgan fingerprint density at radius 1 is 1.12 bits per heavy atom. The molecule has 0 spiro atoms. The summed E-state index contributed by atoms with van der Waals surface area (Å²) in [5.41, 5.74) is 0.465. The molecule has 0 aromatic heterocycles. The fourth-order valence-corrected chi connectivity index (χ4v) is 4.75. The number of carbonyl (C=O) groups is 2. The van der Waals surface area contributed by atoms with E-state index in [0.29, 0.717) is 23.8 Å². The van der Waals surface area contributed by atoms with Gasteiger partial charge in [-0.1, -0.05) is 19.1 Å². The van der Waals surface area contributed by atoms with Crippen LogP contribution >= 0.6 is 0 Å². The number of ether oxygens (including phenoxy) is 3. The molecule has 3 rings (SSSR count). The van der Waals surface area contributed by atoms with Crippen LogP contribution in [0.2, 0.25) is 0 Å². The number of methoxy groups -OCH3 is 1. The Hall–Kier alpha value is -3.11. The van der Waals surface area contributed by atoms with Gasteiger partial charge in [0.25, 0.3) is 0 Å². The summed E-state index contributed by atoms with van der Waals surface area (Å²) in [5, 5.41) is 0. The molecule has 0 saturated carbocycles. The lowest BCUT2D eigenvalue weighted by atomic mass is 10.2. The summed E-state index contributed by atoms with van der Waals surface area (Å²) < 4.78 is 43.1. The van der Waals surface area contributed by atoms with Crippen molar-refractivity contribution in [3.8, 4) is 11.5 Å². The molecule has 172 valence electrons. The Labute approximate surface area is 187 Å². The summed E-state index contributed by atoms with van der Waals surface area (Å²) in [6.07, 6.45) is -1.00. The topological polar surface area (TPSA) is 102 Å². The monoisotopic (exact) mass is 462 g/mol. The van der Waals surface area contributed by atoms with Crippen molar-refractivity contribution < 1.29 is 32.2 Å². The zero-order valence-electron chi connectivity index (χ0n) is 18.2. The Balaban J connectivity index is 1.84. The minimum Gasteiger partial charge on any atom is -0.494 e. The number of hydrogen-bond donors (Lipinski definition) is 0. The number of amides is 1. The van der Waals surface area contributed by atoms with Gasteiger partial charge in [-0.25, -0.2) is 13.2 Å². The van der Waals surface area contributed by atoms with Crippen molar-refractivity contribution in [3.63, 3.8) is 0 Å². The van der Waals surface area contributed by atoms with Crippen molar-refractivity contribution in [1.29, 1.82) is 0 Å². The van der Waals surface area contributed by atoms with Gasteiger partial charge in [0.05, 0.1) is 37.4 Å². The molecule has 0 N–H and O–H groups in total. The Morgan fingerprint density at radius 2 is 1.81 bits per heavy atom. The van der Waals surface area contributed by atoms with Crippen LogP contribution in [0, 0.1) is 0 Å². The summed E-state index contributed by atoms with van der Waals surface area (Å²) in [7, 11) is -2.68. The van der Waals surface area contributed by atoms with Crippen molar-refractivity contribution in [2.24, 2.45) is 0 Å². The highest BCUT2D eigenvalue weighted by molar-refractivity contribution is 7.89. The van der Waals surface area contributed by atoms with Crippen LogP contribution in [-0.4, -0.2) is 64.1 Å². The lowest BCUT2D eigenvalue weighted by Gasteiger charge is -2.34. The van der Waals surface area contributed by atoms with E-state index in [9.17, 15) is 18.0 Å². The lowest BCUT2D eigenvalue weighted by molar-refractivity contribution is -0.148. The zero-order valence-corrected chi connectivity index (χ0v) is 19.0. The minimum atomic E-state index is -3.92. The number of carbonyl (C=O) groups excluding carboxylic acids is 2. The fourth-order valence-electron chi connectivity index (χ4n) is 3.35. The number of para-hydroxylation sites is 2. The van der Waals surface area contributed by atoms with E-state index in [0.717, 1.165) is 4.31 Å². The summed E-state index contributed by atoms with van der Waals surface area (Å²) >= 11 is 0. The molecule has 0 aliphatic carbocycles. The van der Waals surface area contributed by atoms with Crippen LogP contribution in [0.1, 0.15) is 13.8 Å². The number of esters is 1. The third-order valence-corrected chi connectivity index (χ3v) is 6.91. The second kappa shape index (κ2) is 10.0. The van der Waals surface area contributed by atoms with Gasteiger partial charge in [-0.15, -0.1) is 0 Å². The molecular formula is C22H26N2O7S. The molecule has 10 heteroatoms. The van der Waals surface area contributed by atoms with Crippen molar-refractivity contribution in [2.45, 2.75) is 24.8 Å². The highest BCUT2D eigenvalue weighted by atomic mass is 32.2. The number of anilines is 1. The molecule has 1 amide bonds. The summed E-state index contributed by atoms with van der Waals surface area (Å²) in [4.78, 5) is 26.7. The van der Waals surface area contributed by atoms with Crippen LogP contribution in [0.4, 0.5) is 5.69 Å². The second-order valence-electron chi connectivity index (χ2n) is 6.94. The normalized spacial score (nSPS) is 15.6. The first-order valence-corrected chi connectivity index (χ1v) is 11.6. The zero-order chi connectivity index (χ0) is 23.3. The van der Waals surface area contributed by atoms with Gasteiger partial charge in [0.2, 0.25) is 22.0 Å². The summed E-state index contributed by atoms with van der Waals surface area (Å²) in [6.45, 7) is 3.58. The summed E-state index contributed by atoms with van der Waals surface area (Å²) in [5.74, 6) is -0.193. The number of fused-ring (bicyclic) bond motifs is 1. The third kappa shape index (κ3) is 4.86. The van der Waals surface area contributed by atoms with Crippen LogP contribution < -0.4 is 14.4 Å². The van der Waals surface area contributed by atoms with E-state index in [4.69, 9.17) is 14.2 Å². The van der Waals surface area contributed by atoms with Crippen LogP contribution in [-0.2, 0) is 24.3 Å². The number of sulfonamides is 1. The van der Waals surface area contributed by atoms with E-state index in [-0.39, 0.29) is 18.0 Å². The highest BCUT2D eigenvalue weighted by Crippen LogP contribution is 2.33. The first-order valence-electron chi connectivity index (χ1n) is 10.2. The largest absolute Gasteiger partial charge is 0.494 e. The number of likely N-dealkylation sites (N-methyl/N-ethyl adjacent to an activating group) is 1. The molecule has 0 radical (unpaired) electrons. The SMILES string of the molecule is CCOc1ccc(S(=O)(=O)N(CC)CC(=O)N2C[C@@H](C(=O)OC)Oc3ccccc32)cc1. The Kier molecular flexibility index (Phi) is 7.37. The smallest absolute Gasteiger partial charge is 0.348 e. The molecule has 32 heavy (non-hydrogen) atoms. The maximum Gasteiger partial charge on any atom is 0.348 e. The molecule has 0 fully saturated rings. The van der Waals surface area contributed by atoms with Crippen molar-refractivity contribution in [1.82, 2.24) is 4.31 Å². The Bertz CT molecular complexity index is 1070. The molecular weight excluding hydrogens is 436 g/mol. The molecule has 1 aliphatic rings. The van der Waals surface area contributed by atoms with Crippen LogP contribution in [0.25, 0.3) is 0 Å². The van der Waals surface area contributed by atoms with Crippen LogP contribution in [0.5, 0.6) is 11.5 Å². The van der Waals surface area contributed by atoms with E-state index in [1.807, 2.05) is 6.92 Å². The van der Waals surface area contributed by atoms with Crippen LogP contribution in [0.3, 0.4) is 0 Å². The van der Waals surface area contributed by atoms with E-state index >= 15 is 0 Å². The van der Waals surface area contributed by atoms with Gasteiger partial charge >= 0.3 is 5.97 Å². The van der Waals surface area contributed by atoms with E-state index in [2.05, 4.69) is 0 Å². The minimum absolute atomic E-state index is 0.0606. The number of benzene rings is 2. The summed E-state index contributed by atoms with van der Waals surface area (Å²) in [6, 6.07) is 12.8. The number of rotatable bonds is 8. The maximum atomic E-state index is 13.2. The second-order valence-corrected chi connectivity index (χ2v) is 8.88. The quantitative estimate of drug-likeness (QED) is 0.553.